The minimum Gasteiger partial charge on any atom is -0.444 e. The van der Waals surface area contributed by atoms with Gasteiger partial charge in [0.2, 0.25) is 0 Å². The molecule has 1 aliphatic heterocycles. The van der Waals surface area contributed by atoms with Gasteiger partial charge in [0.25, 0.3) is 0 Å². The molecule has 2 aromatic heterocycles. The third-order valence-electron chi connectivity index (χ3n) is 5.29. The van der Waals surface area contributed by atoms with Gasteiger partial charge in [-0.1, -0.05) is 17.7 Å². The molecule has 2 N–H and O–H groups in total. The summed E-state index contributed by atoms with van der Waals surface area (Å²) < 4.78 is 17.8. The number of carbonyl (C=O) groups excluding carboxylic acids is 1. The van der Waals surface area contributed by atoms with Crippen LogP contribution in [-0.2, 0) is 14.0 Å². The van der Waals surface area contributed by atoms with Gasteiger partial charge in [-0.3, -0.25) is 0 Å². The Hall–Kier alpha value is -2.03. The molecular formula is C21H29BClN3O4. The number of H-pyrrole nitrogens is 1. The van der Waals surface area contributed by atoms with Gasteiger partial charge in [-0.05, 0) is 60.0 Å². The second-order valence-electron chi connectivity index (χ2n) is 9.42. The van der Waals surface area contributed by atoms with E-state index in [9.17, 15) is 4.79 Å². The predicted molar refractivity (Wildman–Crippen MR) is 119 cm³/mol. The van der Waals surface area contributed by atoms with E-state index >= 15 is 0 Å². The number of nitrogens with zero attached hydrogens (tertiary/aromatic N) is 1. The van der Waals surface area contributed by atoms with Crippen LogP contribution >= 0.6 is 11.6 Å². The van der Waals surface area contributed by atoms with E-state index in [1.807, 2.05) is 60.7 Å². The lowest BCUT2D eigenvalue weighted by molar-refractivity contribution is 0.00578. The molecular weight excluding hydrogens is 405 g/mol. The molecule has 1 fully saturated rings. The molecule has 30 heavy (non-hydrogen) atoms. The van der Waals surface area contributed by atoms with Gasteiger partial charge in [0, 0.05) is 29.9 Å². The van der Waals surface area contributed by atoms with E-state index in [0.717, 1.165) is 16.4 Å². The lowest BCUT2D eigenvalue weighted by Crippen LogP contribution is -2.41. The molecule has 1 aliphatic rings. The number of ether oxygens (including phenoxy) is 1. The van der Waals surface area contributed by atoms with Crippen molar-refractivity contribution in [2.24, 2.45) is 0 Å². The SMILES string of the molecule is CC(C)(C)OC(=O)NCC(=Cc1c[nH]c2nccc(Cl)c12)B1OC(C)(C)C(C)(C)O1. The van der Waals surface area contributed by atoms with Crippen molar-refractivity contribution >= 4 is 41.9 Å². The lowest BCUT2D eigenvalue weighted by Gasteiger charge is -2.32. The third-order valence-corrected chi connectivity index (χ3v) is 5.60. The molecule has 0 radical (unpaired) electrons. The van der Waals surface area contributed by atoms with E-state index in [2.05, 4.69) is 15.3 Å². The summed E-state index contributed by atoms with van der Waals surface area (Å²) in [6.45, 7) is 13.6. The molecule has 3 rings (SSSR count). The number of pyridine rings is 1. The maximum atomic E-state index is 12.2. The van der Waals surface area contributed by atoms with Crippen LogP contribution < -0.4 is 5.32 Å². The Labute approximate surface area is 182 Å². The molecule has 0 unspecified atom stereocenters. The minimum absolute atomic E-state index is 0.191. The molecule has 0 aromatic carbocycles. The first-order valence-corrected chi connectivity index (χ1v) is 10.3. The molecule has 1 saturated heterocycles. The number of alkyl carbamates (subject to hydrolysis) is 1. The zero-order valence-electron chi connectivity index (χ0n) is 18.6. The first kappa shape index (κ1) is 22.7. The monoisotopic (exact) mass is 433 g/mol. The van der Waals surface area contributed by atoms with Crippen molar-refractivity contribution in [2.45, 2.75) is 65.3 Å². The number of halogens is 1. The van der Waals surface area contributed by atoms with Crippen molar-refractivity contribution in [3.63, 3.8) is 0 Å². The first-order valence-electron chi connectivity index (χ1n) is 9.94. The number of hydrogen-bond acceptors (Lipinski definition) is 5. The van der Waals surface area contributed by atoms with E-state index in [0.29, 0.717) is 10.7 Å². The van der Waals surface area contributed by atoms with E-state index in [1.54, 1.807) is 12.3 Å². The van der Waals surface area contributed by atoms with Gasteiger partial charge in [0.1, 0.15) is 11.2 Å². The van der Waals surface area contributed by atoms with Crippen molar-refractivity contribution in [1.29, 1.82) is 0 Å². The highest BCUT2D eigenvalue weighted by Crippen LogP contribution is 2.39. The first-order chi connectivity index (χ1) is 13.8. The molecule has 0 aliphatic carbocycles. The van der Waals surface area contributed by atoms with Gasteiger partial charge in [-0.25, -0.2) is 9.78 Å². The smallest absolute Gasteiger partial charge is 0.444 e. The largest absolute Gasteiger partial charge is 0.492 e. The van der Waals surface area contributed by atoms with E-state index < -0.39 is 30.0 Å². The Morgan fingerprint density at radius 2 is 1.93 bits per heavy atom. The predicted octanol–water partition coefficient (Wildman–Crippen LogP) is 4.76. The molecule has 0 spiro atoms. The van der Waals surface area contributed by atoms with Crippen LogP contribution in [-0.4, -0.2) is 46.5 Å². The van der Waals surface area contributed by atoms with Crippen molar-refractivity contribution in [3.05, 3.63) is 34.5 Å². The fourth-order valence-electron chi connectivity index (χ4n) is 3.04. The Morgan fingerprint density at radius 1 is 1.30 bits per heavy atom. The van der Waals surface area contributed by atoms with Crippen LogP contribution in [0.4, 0.5) is 4.79 Å². The second kappa shape index (κ2) is 7.91. The van der Waals surface area contributed by atoms with Gasteiger partial charge in [0.05, 0.1) is 16.2 Å². The van der Waals surface area contributed by atoms with Crippen molar-refractivity contribution in [2.75, 3.05) is 6.54 Å². The maximum Gasteiger partial charge on any atom is 0.492 e. The fraction of sp³-hybridized carbons (Fsp3) is 0.524. The normalized spacial score (nSPS) is 18.7. The lowest BCUT2D eigenvalue weighted by atomic mass is 9.77. The number of carbonyl (C=O) groups is 1. The van der Waals surface area contributed by atoms with Gasteiger partial charge in [-0.15, -0.1) is 0 Å². The van der Waals surface area contributed by atoms with Crippen LogP contribution in [0.5, 0.6) is 0 Å². The third kappa shape index (κ3) is 4.82. The Balaban J connectivity index is 1.93. The quantitative estimate of drug-likeness (QED) is 0.679. The molecule has 162 valence electrons. The summed E-state index contributed by atoms with van der Waals surface area (Å²) in [5, 5.41) is 4.18. The van der Waals surface area contributed by atoms with Crippen LogP contribution in [0.3, 0.4) is 0 Å². The Morgan fingerprint density at radius 3 is 2.53 bits per heavy atom. The summed E-state index contributed by atoms with van der Waals surface area (Å²) in [6, 6.07) is 1.74. The summed E-state index contributed by atoms with van der Waals surface area (Å²) in [7, 11) is -0.634. The summed E-state index contributed by atoms with van der Waals surface area (Å²) in [4.78, 5) is 19.6. The highest BCUT2D eigenvalue weighted by Gasteiger charge is 2.52. The molecule has 1 amide bonds. The van der Waals surface area contributed by atoms with Crippen LogP contribution in [0.2, 0.25) is 5.02 Å². The highest BCUT2D eigenvalue weighted by atomic mass is 35.5. The zero-order chi connectivity index (χ0) is 22.3. The van der Waals surface area contributed by atoms with Gasteiger partial charge < -0.3 is 24.3 Å². The molecule has 3 heterocycles. The fourth-order valence-corrected chi connectivity index (χ4v) is 3.29. The standard InChI is InChI=1S/C21H29BClN3O4/c1-19(2,3)28-18(27)26-12-14(22-29-20(4,5)21(6,7)30-22)10-13-11-25-17-16(13)15(23)8-9-24-17/h8-11H,12H2,1-7H3,(H,24,25)(H,26,27). The van der Waals surface area contributed by atoms with E-state index in [4.69, 9.17) is 25.6 Å². The summed E-state index contributed by atoms with van der Waals surface area (Å²) in [5.74, 6) is 0. The highest BCUT2D eigenvalue weighted by molar-refractivity contribution is 6.56. The van der Waals surface area contributed by atoms with Gasteiger partial charge >= 0.3 is 13.2 Å². The number of fused-ring (bicyclic) bond motifs is 1. The maximum absolute atomic E-state index is 12.2. The molecule has 9 heteroatoms. The van der Waals surface area contributed by atoms with Gasteiger partial charge in [-0.2, -0.15) is 0 Å². The number of rotatable bonds is 4. The molecule has 7 nitrogen and oxygen atoms in total. The Kier molecular flexibility index (Phi) is 5.97. The average molecular weight is 434 g/mol. The molecule has 0 bridgehead atoms. The molecule has 0 saturated carbocycles. The molecule has 2 aromatic rings. The number of aromatic nitrogens is 2. The zero-order valence-corrected chi connectivity index (χ0v) is 19.3. The van der Waals surface area contributed by atoms with Crippen molar-refractivity contribution in [1.82, 2.24) is 15.3 Å². The second-order valence-corrected chi connectivity index (χ2v) is 9.83. The van der Waals surface area contributed by atoms with Gasteiger partial charge in [0.15, 0.2) is 0 Å². The summed E-state index contributed by atoms with van der Waals surface area (Å²) in [6.07, 6.45) is 4.87. The summed E-state index contributed by atoms with van der Waals surface area (Å²) in [5.41, 5.74) is 0.639. The van der Waals surface area contributed by atoms with E-state index in [1.165, 1.54) is 0 Å². The number of nitrogens with one attached hydrogen (secondary N) is 2. The van der Waals surface area contributed by atoms with Crippen LogP contribution in [0.1, 0.15) is 54.0 Å². The van der Waals surface area contributed by atoms with Crippen molar-refractivity contribution in [3.8, 4) is 0 Å². The number of amides is 1. The molecule has 0 atom stereocenters. The summed E-state index contributed by atoms with van der Waals surface area (Å²) >= 11 is 6.40. The number of hydrogen-bond donors (Lipinski definition) is 2. The topological polar surface area (TPSA) is 85.5 Å². The van der Waals surface area contributed by atoms with E-state index in [-0.39, 0.29) is 6.54 Å². The van der Waals surface area contributed by atoms with Crippen LogP contribution in [0, 0.1) is 0 Å². The number of aromatic amines is 1. The average Bonchev–Trinajstić information content (AvgIpc) is 3.08. The Bertz CT molecular complexity index is 962. The van der Waals surface area contributed by atoms with Crippen molar-refractivity contribution < 1.29 is 18.8 Å². The minimum atomic E-state index is -0.634. The van der Waals surface area contributed by atoms with Crippen LogP contribution in [0.15, 0.2) is 23.9 Å². The van der Waals surface area contributed by atoms with Crippen LogP contribution in [0.25, 0.3) is 17.1 Å².